The number of rotatable bonds is 3. The average molecular weight is 336 g/mol. The number of benzene rings is 1. The molecular formula is C18H26ClN3O. The Morgan fingerprint density at radius 2 is 1.96 bits per heavy atom. The molecule has 1 aliphatic rings. The summed E-state index contributed by atoms with van der Waals surface area (Å²) >= 11 is 0. The lowest BCUT2D eigenvalue weighted by Gasteiger charge is -2.31. The summed E-state index contributed by atoms with van der Waals surface area (Å²) in [6.07, 6.45) is 4.90. The Labute approximate surface area is 143 Å². The molecule has 0 saturated heterocycles. The zero-order valence-electron chi connectivity index (χ0n) is 13.9. The van der Waals surface area contributed by atoms with Crippen molar-refractivity contribution in [2.24, 2.45) is 5.73 Å². The van der Waals surface area contributed by atoms with Gasteiger partial charge in [0.1, 0.15) is 0 Å². The lowest BCUT2D eigenvalue weighted by Crippen LogP contribution is -2.54. The van der Waals surface area contributed by atoms with E-state index in [0.717, 1.165) is 36.8 Å². The van der Waals surface area contributed by atoms with E-state index >= 15 is 0 Å². The Morgan fingerprint density at radius 1 is 1.26 bits per heavy atom. The van der Waals surface area contributed by atoms with E-state index < -0.39 is 5.54 Å². The van der Waals surface area contributed by atoms with Crippen LogP contribution in [0.1, 0.15) is 48.9 Å². The molecule has 2 aromatic rings. The van der Waals surface area contributed by atoms with Crippen molar-refractivity contribution >= 4 is 29.2 Å². The number of hydrogen-bond donors (Lipinski definition) is 3. The molecule has 126 valence electrons. The van der Waals surface area contributed by atoms with Gasteiger partial charge in [0, 0.05) is 23.1 Å². The predicted octanol–water partition coefficient (Wildman–Crippen LogP) is 3.48. The number of aromatic amines is 1. The number of hydrogen-bond acceptors (Lipinski definition) is 2. The van der Waals surface area contributed by atoms with Crippen molar-refractivity contribution in [2.75, 3.05) is 0 Å². The Bertz CT molecular complexity index is 702. The minimum Gasteiger partial charge on any atom is -0.358 e. The third kappa shape index (κ3) is 3.54. The first-order valence-corrected chi connectivity index (χ1v) is 8.15. The minimum absolute atomic E-state index is 0. The lowest BCUT2D eigenvalue weighted by atomic mass is 9.82. The van der Waals surface area contributed by atoms with E-state index in [1.54, 1.807) is 0 Å². The highest BCUT2D eigenvalue weighted by molar-refractivity contribution is 5.87. The zero-order valence-corrected chi connectivity index (χ0v) is 14.7. The van der Waals surface area contributed by atoms with Crippen LogP contribution in [0, 0.1) is 13.8 Å². The fourth-order valence-corrected chi connectivity index (χ4v) is 3.39. The molecule has 0 unspecified atom stereocenters. The van der Waals surface area contributed by atoms with Gasteiger partial charge in [-0.3, -0.25) is 4.79 Å². The van der Waals surface area contributed by atoms with E-state index in [4.69, 9.17) is 5.73 Å². The normalized spacial score (nSPS) is 16.8. The molecule has 3 rings (SSSR count). The fraction of sp³-hybridized carbons (Fsp3) is 0.500. The molecule has 0 atom stereocenters. The molecule has 5 heteroatoms. The molecule has 0 bridgehead atoms. The molecule has 1 saturated carbocycles. The highest BCUT2D eigenvalue weighted by Crippen LogP contribution is 2.26. The van der Waals surface area contributed by atoms with Gasteiger partial charge in [-0.25, -0.2) is 0 Å². The van der Waals surface area contributed by atoms with Crippen LogP contribution in [0.4, 0.5) is 0 Å². The molecule has 1 aromatic heterocycles. The molecule has 0 radical (unpaired) electrons. The molecule has 0 spiro atoms. The van der Waals surface area contributed by atoms with Crippen LogP contribution in [0.2, 0.25) is 0 Å². The number of H-pyrrole nitrogens is 1. The van der Waals surface area contributed by atoms with Gasteiger partial charge in [-0.05, 0) is 49.9 Å². The van der Waals surface area contributed by atoms with E-state index in [1.807, 2.05) is 0 Å². The summed E-state index contributed by atoms with van der Waals surface area (Å²) in [5.41, 5.74) is 10.3. The molecule has 1 fully saturated rings. The lowest BCUT2D eigenvalue weighted by molar-refractivity contribution is -0.127. The number of aromatic nitrogens is 1. The summed E-state index contributed by atoms with van der Waals surface area (Å²) < 4.78 is 0. The number of fused-ring (bicyclic) bond motifs is 1. The van der Waals surface area contributed by atoms with Gasteiger partial charge in [0.15, 0.2) is 0 Å². The monoisotopic (exact) mass is 335 g/mol. The Hall–Kier alpha value is -1.52. The number of carbonyl (C=O) groups is 1. The maximum Gasteiger partial charge on any atom is 0.240 e. The summed E-state index contributed by atoms with van der Waals surface area (Å²) in [6.45, 7) is 4.74. The van der Waals surface area contributed by atoms with Crippen LogP contribution >= 0.6 is 12.4 Å². The van der Waals surface area contributed by atoms with Gasteiger partial charge in [-0.15, -0.1) is 12.4 Å². The van der Waals surface area contributed by atoms with E-state index in [1.165, 1.54) is 23.1 Å². The van der Waals surface area contributed by atoms with Crippen LogP contribution in [0.5, 0.6) is 0 Å². The van der Waals surface area contributed by atoms with Gasteiger partial charge in [0.2, 0.25) is 5.91 Å². The Kier molecular flexibility index (Phi) is 5.37. The van der Waals surface area contributed by atoms with Gasteiger partial charge in [0.25, 0.3) is 0 Å². The second kappa shape index (κ2) is 6.93. The van der Waals surface area contributed by atoms with Crippen molar-refractivity contribution in [3.63, 3.8) is 0 Å². The topological polar surface area (TPSA) is 70.9 Å². The van der Waals surface area contributed by atoms with Crippen molar-refractivity contribution in [3.05, 3.63) is 35.0 Å². The molecule has 1 amide bonds. The van der Waals surface area contributed by atoms with Gasteiger partial charge in [-0.1, -0.05) is 25.3 Å². The molecule has 4 N–H and O–H groups in total. The minimum atomic E-state index is -0.664. The number of nitrogens with two attached hydrogens (primary N) is 1. The third-order valence-corrected chi connectivity index (χ3v) is 5.02. The number of aryl methyl sites for hydroxylation is 2. The first-order chi connectivity index (χ1) is 10.5. The second-order valence-electron chi connectivity index (χ2n) is 6.65. The van der Waals surface area contributed by atoms with E-state index in [9.17, 15) is 4.79 Å². The first kappa shape index (κ1) is 17.8. The van der Waals surface area contributed by atoms with Gasteiger partial charge < -0.3 is 16.0 Å². The molecule has 23 heavy (non-hydrogen) atoms. The van der Waals surface area contributed by atoms with E-state index in [2.05, 4.69) is 42.3 Å². The largest absolute Gasteiger partial charge is 0.358 e. The Balaban J connectivity index is 0.00000192. The average Bonchev–Trinajstić information content (AvgIpc) is 2.80. The first-order valence-electron chi connectivity index (χ1n) is 8.15. The highest BCUT2D eigenvalue weighted by atomic mass is 35.5. The van der Waals surface area contributed by atoms with Crippen molar-refractivity contribution in [3.8, 4) is 0 Å². The third-order valence-electron chi connectivity index (χ3n) is 5.02. The zero-order chi connectivity index (χ0) is 15.7. The van der Waals surface area contributed by atoms with Gasteiger partial charge in [-0.2, -0.15) is 0 Å². The smallest absolute Gasteiger partial charge is 0.240 e. The summed E-state index contributed by atoms with van der Waals surface area (Å²) in [7, 11) is 0. The van der Waals surface area contributed by atoms with E-state index in [0.29, 0.717) is 6.54 Å². The summed E-state index contributed by atoms with van der Waals surface area (Å²) in [4.78, 5) is 15.8. The SMILES string of the molecule is Cc1[nH]c2ccc(CNC(=O)C3(N)CCCCC3)cc2c1C.Cl. The number of carbonyl (C=O) groups excluding carboxylic acids is 1. The number of nitrogens with one attached hydrogen (secondary N) is 2. The molecule has 4 nitrogen and oxygen atoms in total. The number of halogens is 1. The molecular weight excluding hydrogens is 310 g/mol. The van der Waals surface area contributed by atoms with Gasteiger partial charge in [0.05, 0.1) is 5.54 Å². The Morgan fingerprint density at radius 3 is 2.65 bits per heavy atom. The van der Waals surface area contributed by atoms with Crippen LogP contribution in [0.15, 0.2) is 18.2 Å². The van der Waals surface area contributed by atoms with Crippen LogP contribution in [-0.2, 0) is 11.3 Å². The van der Waals surface area contributed by atoms with Crippen LogP contribution in [0.25, 0.3) is 10.9 Å². The number of amides is 1. The maximum absolute atomic E-state index is 12.4. The van der Waals surface area contributed by atoms with Gasteiger partial charge >= 0.3 is 0 Å². The highest BCUT2D eigenvalue weighted by Gasteiger charge is 2.34. The van der Waals surface area contributed by atoms with Crippen LogP contribution < -0.4 is 11.1 Å². The maximum atomic E-state index is 12.4. The van der Waals surface area contributed by atoms with E-state index in [-0.39, 0.29) is 18.3 Å². The quantitative estimate of drug-likeness (QED) is 0.803. The molecule has 1 aromatic carbocycles. The predicted molar refractivity (Wildman–Crippen MR) is 96.9 cm³/mol. The van der Waals surface area contributed by atoms with Crippen molar-refractivity contribution in [1.29, 1.82) is 0 Å². The summed E-state index contributed by atoms with van der Waals surface area (Å²) in [5, 5.41) is 4.25. The molecule has 1 heterocycles. The second-order valence-corrected chi connectivity index (χ2v) is 6.65. The standard InChI is InChI=1S/C18H25N3O.ClH/c1-12-13(2)21-16-7-6-14(10-15(12)16)11-20-17(22)18(19)8-4-3-5-9-18;/h6-7,10,21H,3-5,8-9,11,19H2,1-2H3,(H,20,22);1H. The van der Waals surface area contributed by atoms with Crippen LogP contribution in [0.3, 0.4) is 0 Å². The molecule has 0 aliphatic heterocycles. The fourth-order valence-electron chi connectivity index (χ4n) is 3.39. The summed E-state index contributed by atoms with van der Waals surface area (Å²) in [5.74, 6) is -0.00531. The van der Waals surface area contributed by atoms with Crippen molar-refractivity contribution < 1.29 is 4.79 Å². The van der Waals surface area contributed by atoms with Crippen LogP contribution in [-0.4, -0.2) is 16.4 Å². The summed E-state index contributed by atoms with van der Waals surface area (Å²) in [6, 6.07) is 6.29. The molecule has 1 aliphatic carbocycles. The van der Waals surface area contributed by atoms with Crippen molar-refractivity contribution in [2.45, 2.75) is 58.0 Å². The van der Waals surface area contributed by atoms with Crippen molar-refractivity contribution in [1.82, 2.24) is 10.3 Å².